The van der Waals surface area contributed by atoms with E-state index in [0.717, 1.165) is 25.2 Å². The first-order chi connectivity index (χ1) is 11.6. The first kappa shape index (κ1) is 16.4. The van der Waals surface area contributed by atoms with Crippen molar-refractivity contribution in [1.82, 2.24) is 14.7 Å². The topological polar surface area (TPSA) is 51.8 Å². The van der Waals surface area contributed by atoms with Crippen molar-refractivity contribution in [2.75, 3.05) is 33.3 Å². The van der Waals surface area contributed by atoms with Gasteiger partial charge in [0.1, 0.15) is 6.54 Å². The molecule has 0 unspecified atom stereocenters. The van der Waals surface area contributed by atoms with Crippen LogP contribution in [0.3, 0.4) is 0 Å². The number of ether oxygens (including phenoxy) is 1. The smallest absolute Gasteiger partial charge is 0.257 e. The Morgan fingerprint density at radius 1 is 1.38 bits per heavy atom. The van der Waals surface area contributed by atoms with Gasteiger partial charge in [-0.1, -0.05) is 0 Å². The summed E-state index contributed by atoms with van der Waals surface area (Å²) < 4.78 is 20.3. The molecular formula is C17H22FN4O2+. The highest BCUT2D eigenvalue weighted by atomic mass is 19.1. The fraction of sp³-hybridized carbons (Fsp3) is 0.412. The quantitative estimate of drug-likeness (QED) is 0.864. The summed E-state index contributed by atoms with van der Waals surface area (Å²) in [5, 5.41) is 4.04. The molecule has 128 valence electrons. The van der Waals surface area contributed by atoms with E-state index in [1.165, 1.54) is 18.1 Å². The molecule has 7 heteroatoms. The van der Waals surface area contributed by atoms with Crippen molar-refractivity contribution >= 4 is 5.91 Å². The Morgan fingerprint density at radius 3 is 2.71 bits per heavy atom. The zero-order chi connectivity index (χ0) is 17.1. The van der Waals surface area contributed by atoms with E-state index >= 15 is 0 Å². The summed E-state index contributed by atoms with van der Waals surface area (Å²) in [4.78, 5) is 15.6. The van der Waals surface area contributed by atoms with E-state index in [1.54, 1.807) is 30.2 Å². The number of hydrogen-bond acceptors (Lipinski definition) is 3. The Morgan fingerprint density at radius 2 is 2.12 bits per heavy atom. The van der Waals surface area contributed by atoms with E-state index < -0.39 is 0 Å². The van der Waals surface area contributed by atoms with E-state index in [1.807, 2.05) is 11.0 Å². The van der Waals surface area contributed by atoms with E-state index in [2.05, 4.69) is 5.10 Å². The molecule has 0 atom stereocenters. The molecule has 1 aromatic carbocycles. The third kappa shape index (κ3) is 3.56. The number of aromatic nitrogens is 2. The second-order valence-corrected chi connectivity index (χ2v) is 6.09. The highest BCUT2D eigenvalue weighted by Gasteiger charge is 2.25. The van der Waals surface area contributed by atoms with Gasteiger partial charge in [-0.25, -0.2) is 4.39 Å². The van der Waals surface area contributed by atoms with Gasteiger partial charge in [0, 0.05) is 18.8 Å². The van der Waals surface area contributed by atoms with E-state index in [-0.39, 0.29) is 17.5 Å². The van der Waals surface area contributed by atoms with Crippen molar-refractivity contribution in [1.29, 1.82) is 0 Å². The van der Waals surface area contributed by atoms with Crippen LogP contribution in [0, 0.1) is 5.82 Å². The van der Waals surface area contributed by atoms with Gasteiger partial charge < -0.3 is 14.5 Å². The molecule has 0 aliphatic carbocycles. The van der Waals surface area contributed by atoms with Gasteiger partial charge in [-0.3, -0.25) is 9.48 Å². The van der Waals surface area contributed by atoms with Gasteiger partial charge in [-0.15, -0.1) is 0 Å². The van der Waals surface area contributed by atoms with Crippen molar-refractivity contribution in [3.05, 3.63) is 47.5 Å². The van der Waals surface area contributed by atoms with Crippen molar-refractivity contribution in [2.24, 2.45) is 7.05 Å². The zero-order valence-electron chi connectivity index (χ0n) is 14.0. The summed E-state index contributed by atoms with van der Waals surface area (Å²) in [6, 6.07) is 5.08. The normalized spacial score (nSPS) is 15.5. The average Bonchev–Trinajstić information content (AvgIpc) is 3.02. The average molecular weight is 333 g/mol. The maximum Gasteiger partial charge on any atom is 0.257 e. The molecule has 1 fully saturated rings. The molecule has 6 nitrogen and oxygen atoms in total. The van der Waals surface area contributed by atoms with E-state index in [4.69, 9.17) is 4.74 Å². The summed E-state index contributed by atoms with van der Waals surface area (Å²) in [6.07, 6.45) is 3.34. The van der Waals surface area contributed by atoms with Crippen LogP contribution in [0.1, 0.15) is 15.9 Å². The van der Waals surface area contributed by atoms with Crippen molar-refractivity contribution in [3.63, 3.8) is 0 Å². The summed E-state index contributed by atoms with van der Waals surface area (Å²) in [5.41, 5.74) is 1.56. The molecule has 1 aliphatic rings. The van der Waals surface area contributed by atoms with Gasteiger partial charge >= 0.3 is 0 Å². The Labute approximate surface area is 140 Å². The van der Waals surface area contributed by atoms with Gasteiger partial charge in [0.25, 0.3) is 5.91 Å². The van der Waals surface area contributed by atoms with E-state index in [0.29, 0.717) is 18.7 Å². The molecule has 3 rings (SSSR count). The monoisotopic (exact) mass is 333 g/mol. The lowest BCUT2D eigenvalue weighted by molar-refractivity contribution is -0.917. The molecule has 24 heavy (non-hydrogen) atoms. The van der Waals surface area contributed by atoms with Crippen LogP contribution in [0.15, 0.2) is 30.6 Å². The number of piperazine rings is 1. The molecule has 2 aromatic rings. The third-order valence-electron chi connectivity index (χ3n) is 4.38. The number of quaternary nitrogens is 1. The summed E-state index contributed by atoms with van der Waals surface area (Å²) in [7, 11) is 3.26. The van der Waals surface area contributed by atoms with Crippen LogP contribution in [0.5, 0.6) is 5.75 Å². The largest absolute Gasteiger partial charge is 0.494 e. The number of halogens is 1. The molecule has 1 aliphatic heterocycles. The van der Waals surface area contributed by atoms with Crippen LogP contribution in [0.25, 0.3) is 0 Å². The molecule has 1 N–H and O–H groups in total. The predicted molar refractivity (Wildman–Crippen MR) is 86.5 cm³/mol. The molecule has 0 saturated carbocycles. The molecule has 1 amide bonds. The lowest BCUT2D eigenvalue weighted by Crippen LogP contribution is -3.13. The van der Waals surface area contributed by atoms with Crippen LogP contribution >= 0.6 is 0 Å². The number of carbonyl (C=O) groups excluding carboxylic acids is 1. The van der Waals surface area contributed by atoms with Gasteiger partial charge in [-0.05, 0) is 18.2 Å². The fourth-order valence-electron chi connectivity index (χ4n) is 3.03. The number of aryl methyl sites for hydroxylation is 1. The minimum atomic E-state index is -0.334. The first-order valence-electron chi connectivity index (χ1n) is 8.00. The minimum Gasteiger partial charge on any atom is -0.494 e. The van der Waals surface area contributed by atoms with Gasteiger partial charge in [0.05, 0.1) is 45.0 Å². The highest BCUT2D eigenvalue weighted by Crippen LogP contribution is 2.17. The highest BCUT2D eigenvalue weighted by molar-refractivity contribution is 5.93. The molecule has 2 heterocycles. The van der Waals surface area contributed by atoms with Gasteiger partial charge in [0.15, 0.2) is 11.6 Å². The van der Waals surface area contributed by atoms with Crippen LogP contribution in [-0.2, 0) is 13.6 Å². The standard InChI is InChI=1S/C17H21FN4O2/c1-20-12-14(10-19-20)17(23)22-7-5-21(6-8-22)11-13-3-4-16(24-2)15(18)9-13/h3-4,9-10,12H,5-8,11H2,1-2H3/p+1. The number of benzene rings is 1. The minimum absolute atomic E-state index is 0.0256. The summed E-state index contributed by atoms with van der Waals surface area (Å²) in [5.74, 6) is -0.0435. The molecular weight excluding hydrogens is 311 g/mol. The SMILES string of the molecule is COc1ccc(C[NH+]2CCN(C(=O)c3cnn(C)c3)CC2)cc1F. The van der Waals surface area contributed by atoms with Crippen molar-refractivity contribution < 1.29 is 18.8 Å². The molecule has 1 aromatic heterocycles. The fourth-order valence-corrected chi connectivity index (χ4v) is 3.03. The number of nitrogens with one attached hydrogen (secondary N) is 1. The summed E-state index contributed by atoms with van der Waals surface area (Å²) in [6.45, 7) is 3.83. The maximum absolute atomic E-state index is 13.8. The second-order valence-electron chi connectivity index (χ2n) is 6.09. The van der Waals surface area contributed by atoms with Crippen molar-refractivity contribution in [2.45, 2.75) is 6.54 Å². The summed E-state index contributed by atoms with van der Waals surface area (Å²) >= 11 is 0. The molecule has 1 saturated heterocycles. The Hall–Kier alpha value is -2.41. The van der Waals surface area contributed by atoms with Crippen molar-refractivity contribution in [3.8, 4) is 5.75 Å². The number of methoxy groups -OCH3 is 1. The number of amides is 1. The lowest BCUT2D eigenvalue weighted by atomic mass is 10.1. The number of carbonyl (C=O) groups is 1. The Bertz CT molecular complexity index is 723. The number of nitrogens with zero attached hydrogens (tertiary/aromatic N) is 3. The van der Waals surface area contributed by atoms with Gasteiger partial charge in [0.2, 0.25) is 0 Å². The first-order valence-corrected chi connectivity index (χ1v) is 8.00. The van der Waals surface area contributed by atoms with Crippen LogP contribution in [-0.4, -0.2) is 53.9 Å². The third-order valence-corrected chi connectivity index (χ3v) is 4.38. The maximum atomic E-state index is 13.8. The Kier molecular flexibility index (Phi) is 4.80. The lowest BCUT2D eigenvalue weighted by Gasteiger charge is -2.32. The molecule has 0 bridgehead atoms. The van der Waals surface area contributed by atoms with Crippen LogP contribution in [0.4, 0.5) is 4.39 Å². The van der Waals surface area contributed by atoms with Crippen LogP contribution in [0.2, 0.25) is 0 Å². The Balaban J connectivity index is 1.55. The molecule has 0 radical (unpaired) electrons. The predicted octanol–water partition coefficient (Wildman–Crippen LogP) is 0.109. The van der Waals surface area contributed by atoms with Gasteiger partial charge in [-0.2, -0.15) is 5.10 Å². The number of rotatable bonds is 4. The molecule has 0 spiro atoms. The zero-order valence-corrected chi connectivity index (χ0v) is 14.0. The van der Waals surface area contributed by atoms with E-state index in [9.17, 15) is 9.18 Å². The van der Waals surface area contributed by atoms with Crippen LogP contribution < -0.4 is 9.64 Å². The number of hydrogen-bond donors (Lipinski definition) is 1. The second kappa shape index (κ2) is 7.00.